The van der Waals surface area contributed by atoms with Crippen molar-refractivity contribution in [2.24, 2.45) is 5.92 Å². The number of carbonyl (C=O) groups excluding carboxylic acids is 3. The van der Waals surface area contributed by atoms with E-state index in [0.29, 0.717) is 22.9 Å². The Kier molecular flexibility index (Phi) is 7.06. The predicted octanol–water partition coefficient (Wildman–Crippen LogP) is 3.57. The quantitative estimate of drug-likeness (QED) is 0.682. The first kappa shape index (κ1) is 21.4. The first-order valence-electron chi connectivity index (χ1n) is 10.2. The first-order chi connectivity index (χ1) is 14.4. The number of likely N-dealkylation sites (tertiary alicyclic amines) is 1. The second-order valence-electron chi connectivity index (χ2n) is 7.72. The van der Waals surface area contributed by atoms with Gasteiger partial charge in [-0.25, -0.2) is 0 Å². The highest BCUT2D eigenvalue weighted by Crippen LogP contribution is 2.19. The molecule has 1 saturated heterocycles. The van der Waals surface area contributed by atoms with E-state index in [0.717, 1.165) is 31.6 Å². The maximum absolute atomic E-state index is 12.6. The molecule has 0 spiro atoms. The van der Waals surface area contributed by atoms with Crippen molar-refractivity contribution in [1.29, 1.82) is 0 Å². The normalized spacial score (nSPS) is 14.1. The van der Waals surface area contributed by atoms with Gasteiger partial charge in [0.05, 0.1) is 6.54 Å². The SMILES string of the molecule is CC(=O)Nc1cccc(NCC(=O)Nc2ccc(C(=O)N3CCC(C)CC3)cc2)c1. The van der Waals surface area contributed by atoms with Gasteiger partial charge in [0, 0.05) is 42.6 Å². The number of nitrogens with one attached hydrogen (secondary N) is 3. The van der Waals surface area contributed by atoms with Crippen molar-refractivity contribution >= 4 is 34.8 Å². The number of carbonyl (C=O) groups is 3. The van der Waals surface area contributed by atoms with Crippen molar-refractivity contribution in [2.45, 2.75) is 26.7 Å². The molecule has 0 radical (unpaired) electrons. The van der Waals surface area contributed by atoms with Crippen LogP contribution in [0.25, 0.3) is 0 Å². The molecule has 0 unspecified atom stereocenters. The third kappa shape index (κ3) is 6.07. The summed E-state index contributed by atoms with van der Waals surface area (Å²) < 4.78 is 0. The molecule has 2 aromatic carbocycles. The Morgan fingerprint density at radius 3 is 2.27 bits per heavy atom. The van der Waals surface area contributed by atoms with Crippen molar-refractivity contribution in [2.75, 3.05) is 35.6 Å². The summed E-state index contributed by atoms with van der Waals surface area (Å²) in [7, 11) is 0. The topological polar surface area (TPSA) is 90.5 Å². The van der Waals surface area contributed by atoms with E-state index in [2.05, 4.69) is 22.9 Å². The van der Waals surface area contributed by atoms with Crippen molar-refractivity contribution in [1.82, 2.24) is 4.90 Å². The molecule has 3 rings (SSSR count). The number of anilines is 3. The second-order valence-corrected chi connectivity index (χ2v) is 7.72. The van der Waals surface area contributed by atoms with Crippen LogP contribution < -0.4 is 16.0 Å². The van der Waals surface area contributed by atoms with Crippen LogP contribution in [0, 0.1) is 5.92 Å². The molecule has 3 N–H and O–H groups in total. The number of hydrogen-bond donors (Lipinski definition) is 3. The van der Waals surface area contributed by atoms with E-state index in [1.165, 1.54) is 6.92 Å². The number of amides is 3. The Balaban J connectivity index is 1.50. The summed E-state index contributed by atoms with van der Waals surface area (Å²) in [6.45, 7) is 5.34. The van der Waals surface area contributed by atoms with Crippen molar-refractivity contribution in [3.63, 3.8) is 0 Å². The fourth-order valence-electron chi connectivity index (χ4n) is 3.39. The van der Waals surface area contributed by atoms with Gasteiger partial charge in [-0.3, -0.25) is 14.4 Å². The molecule has 0 aromatic heterocycles. The lowest BCUT2D eigenvalue weighted by atomic mass is 9.98. The van der Waals surface area contributed by atoms with Crippen molar-refractivity contribution in [3.05, 3.63) is 54.1 Å². The maximum Gasteiger partial charge on any atom is 0.253 e. The molecule has 1 heterocycles. The molecule has 7 heteroatoms. The number of rotatable bonds is 6. The van der Waals surface area contributed by atoms with E-state index in [-0.39, 0.29) is 24.3 Å². The van der Waals surface area contributed by atoms with Gasteiger partial charge in [-0.05, 0) is 61.2 Å². The predicted molar refractivity (Wildman–Crippen MR) is 119 cm³/mol. The van der Waals surface area contributed by atoms with Crippen LogP contribution in [0.1, 0.15) is 37.0 Å². The molecular weight excluding hydrogens is 380 g/mol. The number of piperidine rings is 1. The molecule has 2 aromatic rings. The number of hydrogen-bond acceptors (Lipinski definition) is 4. The highest BCUT2D eigenvalue weighted by atomic mass is 16.2. The average Bonchev–Trinajstić information content (AvgIpc) is 2.73. The molecule has 0 saturated carbocycles. The largest absolute Gasteiger partial charge is 0.376 e. The fraction of sp³-hybridized carbons (Fsp3) is 0.348. The summed E-state index contributed by atoms with van der Waals surface area (Å²) in [6.07, 6.45) is 2.08. The average molecular weight is 409 g/mol. The Morgan fingerprint density at radius 1 is 0.933 bits per heavy atom. The summed E-state index contributed by atoms with van der Waals surface area (Å²) in [5.74, 6) is 0.360. The first-order valence-corrected chi connectivity index (χ1v) is 10.2. The Hall–Kier alpha value is -3.35. The molecule has 1 fully saturated rings. The van der Waals surface area contributed by atoms with Crippen LogP contribution in [-0.2, 0) is 9.59 Å². The van der Waals surface area contributed by atoms with Crippen LogP contribution >= 0.6 is 0 Å². The van der Waals surface area contributed by atoms with Crippen LogP contribution in [0.4, 0.5) is 17.1 Å². The molecule has 0 aliphatic carbocycles. The molecule has 7 nitrogen and oxygen atoms in total. The van der Waals surface area contributed by atoms with Crippen molar-refractivity contribution in [3.8, 4) is 0 Å². The summed E-state index contributed by atoms with van der Waals surface area (Å²) in [6, 6.07) is 14.1. The van der Waals surface area contributed by atoms with Gasteiger partial charge in [0.2, 0.25) is 11.8 Å². The minimum absolute atomic E-state index is 0.0421. The summed E-state index contributed by atoms with van der Waals surface area (Å²) >= 11 is 0. The number of nitrogens with zero attached hydrogens (tertiary/aromatic N) is 1. The minimum atomic E-state index is -0.205. The van der Waals surface area contributed by atoms with Gasteiger partial charge in [-0.1, -0.05) is 13.0 Å². The van der Waals surface area contributed by atoms with E-state index in [1.54, 1.807) is 42.5 Å². The van der Waals surface area contributed by atoms with Gasteiger partial charge < -0.3 is 20.9 Å². The Labute approximate surface area is 176 Å². The van der Waals surface area contributed by atoms with Crippen molar-refractivity contribution < 1.29 is 14.4 Å². The van der Waals surface area contributed by atoms with E-state index in [1.807, 2.05) is 11.0 Å². The lowest BCUT2D eigenvalue weighted by Crippen LogP contribution is -2.37. The highest BCUT2D eigenvalue weighted by Gasteiger charge is 2.21. The van der Waals surface area contributed by atoms with Gasteiger partial charge >= 0.3 is 0 Å². The van der Waals surface area contributed by atoms with Crippen LogP contribution in [0.2, 0.25) is 0 Å². The third-order valence-electron chi connectivity index (χ3n) is 5.12. The Bertz CT molecular complexity index is 903. The maximum atomic E-state index is 12.6. The zero-order valence-corrected chi connectivity index (χ0v) is 17.4. The lowest BCUT2D eigenvalue weighted by Gasteiger charge is -2.30. The smallest absolute Gasteiger partial charge is 0.253 e. The molecule has 3 amide bonds. The monoisotopic (exact) mass is 408 g/mol. The van der Waals surface area contributed by atoms with Gasteiger partial charge in [0.15, 0.2) is 0 Å². The molecule has 0 bridgehead atoms. The van der Waals surface area contributed by atoms with Crippen LogP contribution in [0.5, 0.6) is 0 Å². The molecule has 0 atom stereocenters. The molecule has 1 aliphatic heterocycles. The zero-order valence-electron chi connectivity index (χ0n) is 17.4. The van der Waals surface area contributed by atoms with Gasteiger partial charge in [0.1, 0.15) is 0 Å². The lowest BCUT2D eigenvalue weighted by molar-refractivity contribution is -0.115. The second kappa shape index (κ2) is 9.91. The standard InChI is InChI=1S/C23H28N4O3/c1-16-10-12-27(13-11-16)23(30)18-6-8-19(9-7-18)26-22(29)15-24-20-4-3-5-21(14-20)25-17(2)28/h3-9,14,16,24H,10-13,15H2,1-2H3,(H,25,28)(H,26,29). The summed E-state index contributed by atoms with van der Waals surface area (Å²) in [4.78, 5) is 37.9. The van der Waals surface area contributed by atoms with Gasteiger partial charge in [-0.2, -0.15) is 0 Å². The van der Waals surface area contributed by atoms with Gasteiger partial charge in [0.25, 0.3) is 5.91 Å². The Morgan fingerprint density at radius 2 is 1.60 bits per heavy atom. The van der Waals surface area contributed by atoms with E-state index >= 15 is 0 Å². The third-order valence-corrected chi connectivity index (χ3v) is 5.12. The van der Waals surface area contributed by atoms with E-state index < -0.39 is 0 Å². The number of benzene rings is 2. The summed E-state index contributed by atoms with van der Waals surface area (Å²) in [5.41, 5.74) is 2.66. The van der Waals surface area contributed by atoms with Crippen LogP contribution in [0.3, 0.4) is 0 Å². The van der Waals surface area contributed by atoms with E-state index in [4.69, 9.17) is 0 Å². The minimum Gasteiger partial charge on any atom is -0.376 e. The van der Waals surface area contributed by atoms with Crippen LogP contribution in [-0.4, -0.2) is 42.3 Å². The van der Waals surface area contributed by atoms with E-state index in [9.17, 15) is 14.4 Å². The van der Waals surface area contributed by atoms with Gasteiger partial charge in [-0.15, -0.1) is 0 Å². The molecule has 1 aliphatic rings. The molecular formula is C23H28N4O3. The molecule has 30 heavy (non-hydrogen) atoms. The zero-order chi connectivity index (χ0) is 21.5. The summed E-state index contributed by atoms with van der Waals surface area (Å²) in [5, 5.41) is 8.55. The highest BCUT2D eigenvalue weighted by molar-refractivity contribution is 5.97. The van der Waals surface area contributed by atoms with Crippen LogP contribution in [0.15, 0.2) is 48.5 Å². The fourth-order valence-corrected chi connectivity index (χ4v) is 3.39. The molecule has 158 valence electrons.